The van der Waals surface area contributed by atoms with Crippen LogP contribution in [0.25, 0.3) is 0 Å². The standard InChI is InChI=1S/C16H16/c1-3-16(14-7-5-4-6-8-14)15-11-9-13(2)10-12-15/h3-12,16H,1H2,2H3/t16-/m1/s1. The number of aryl methyl sites for hydroxylation is 1. The summed E-state index contributed by atoms with van der Waals surface area (Å²) in [6.45, 7) is 6.04. The first-order chi connectivity index (χ1) is 7.81. The van der Waals surface area contributed by atoms with Crippen LogP contribution < -0.4 is 0 Å². The second-order valence-corrected chi connectivity index (χ2v) is 4.03. The van der Waals surface area contributed by atoms with Gasteiger partial charge < -0.3 is 0 Å². The largest absolute Gasteiger partial charge is 0.102 e. The Balaban J connectivity index is 2.37. The van der Waals surface area contributed by atoms with Crippen LogP contribution in [0.2, 0.25) is 0 Å². The second-order valence-electron chi connectivity index (χ2n) is 4.03. The lowest BCUT2D eigenvalue weighted by Gasteiger charge is -2.13. The third-order valence-corrected chi connectivity index (χ3v) is 2.83. The Labute approximate surface area is 97.3 Å². The van der Waals surface area contributed by atoms with E-state index >= 15 is 0 Å². The molecule has 0 unspecified atom stereocenters. The van der Waals surface area contributed by atoms with Crippen LogP contribution in [-0.4, -0.2) is 0 Å². The van der Waals surface area contributed by atoms with Crippen LogP contribution in [0.1, 0.15) is 22.6 Å². The van der Waals surface area contributed by atoms with E-state index in [4.69, 9.17) is 0 Å². The average molecular weight is 208 g/mol. The van der Waals surface area contributed by atoms with Gasteiger partial charge >= 0.3 is 0 Å². The van der Waals surface area contributed by atoms with Crippen molar-refractivity contribution in [2.45, 2.75) is 12.8 Å². The Kier molecular flexibility index (Phi) is 3.21. The molecule has 0 nitrogen and oxygen atoms in total. The van der Waals surface area contributed by atoms with Crippen LogP contribution in [0.3, 0.4) is 0 Å². The van der Waals surface area contributed by atoms with E-state index in [-0.39, 0.29) is 0 Å². The summed E-state index contributed by atoms with van der Waals surface area (Å²) < 4.78 is 0. The van der Waals surface area contributed by atoms with E-state index in [1.165, 1.54) is 16.7 Å². The molecule has 1 atom stereocenters. The summed E-state index contributed by atoms with van der Waals surface area (Å²) in [6.07, 6.45) is 2.00. The van der Waals surface area contributed by atoms with Crippen molar-refractivity contribution in [3.63, 3.8) is 0 Å². The lowest BCUT2D eigenvalue weighted by Crippen LogP contribution is -1.96. The Morgan fingerprint density at radius 3 is 2.00 bits per heavy atom. The zero-order valence-electron chi connectivity index (χ0n) is 9.56. The summed E-state index contributed by atoms with van der Waals surface area (Å²) in [4.78, 5) is 0. The number of rotatable bonds is 3. The summed E-state index contributed by atoms with van der Waals surface area (Å²) in [6, 6.07) is 19.1. The van der Waals surface area contributed by atoms with Crippen LogP contribution in [-0.2, 0) is 0 Å². The SMILES string of the molecule is C=C[C@H](c1ccccc1)c1ccc(C)cc1. The van der Waals surface area contributed by atoms with Crippen LogP contribution in [0.5, 0.6) is 0 Å². The normalized spacial score (nSPS) is 12.1. The van der Waals surface area contributed by atoms with Gasteiger partial charge in [0, 0.05) is 5.92 Å². The third-order valence-electron chi connectivity index (χ3n) is 2.83. The molecule has 16 heavy (non-hydrogen) atoms. The maximum Gasteiger partial charge on any atom is 0.0266 e. The van der Waals surface area contributed by atoms with Crippen LogP contribution in [0.4, 0.5) is 0 Å². The predicted molar refractivity (Wildman–Crippen MR) is 69.7 cm³/mol. The molecule has 0 amide bonds. The monoisotopic (exact) mass is 208 g/mol. The van der Waals surface area contributed by atoms with E-state index in [0.29, 0.717) is 5.92 Å². The summed E-state index contributed by atoms with van der Waals surface area (Å²) in [7, 11) is 0. The highest BCUT2D eigenvalue weighted by atomic mass is 14.1. The molecule has 0 bridgehead atoms. The van der Waals surface area contributed by atoms with Crippen molar-refractivity contribution in [1.29, 1.82) is 0 Å². The molecule has 0 spiro atoms. The van der Waals surface area contributed by atoms with Gasteiger partial charge in [-0.25, -0.2) is 0 Å². The molecule has 0 saturated heterocycles. The highest BCUT2D eigenvalue weighted by Crippen LogP contribution is 2.25. The smallest absolute Gasteiger partial charge is 0.0266 e. The maximum atomic E-state index is 3.94. The fourth-order valence-electron chi connectivity index (χ4n) is 1.90. The van der Waals surface area contributed by atoms with Gasteiger partial charge in [0.15, 0.2) is 0 Å². The van der Waals surface area contributed by atoms with Crippen LogP contribution in [0.15, 0.2) is 67.3 Å². The van der Waals surface area contributed by atoms with Gasteiger partial charge in [-0.15, -0.1) is 6.58 Å². The zero-order chi connectivity index (χ0) is 11.4. The minimum absolute atomic E-state index is 0.293. The molecule has 0 heteroatoms. The molecular formula is C16H16. The van der Waals surface area contributed by atoms with Crippen molar-refractivity contribution in [2.75, 3.05) is 0 Å². The molecule has 0 aliphatic rings. The van der Waals surface area contributed by atoms with E-state index in [9.17, 15) is 0 Å². The molecular weight excluding hydrogens is 192 g/mol. The quantitative estimate of drug-likeness (QED) is 0.659. The molecule has 0 heterocycles. The molecule has 80 valence electrons. The summed E-state index contributed by atoms with van der Waals surface area (Å²) in [5, 5.41) is 0. The van der Waals surface area contributed by atoms with E-state index in [2.05, 4.69) is 62.0 Å². The van der Waals surface area contributed by atoms with Crippen molar-refractivity contribution >= 4 is 0 Å². The van der Waals surface area contributed by atoms with Crippen molar-refractivity contribution in [1.82, 2.24) is 0 Å². The number of hydrogen-bond acceptors (Lipinski definition) is 0. The first kappa shape index (κ1) is 10.7. The van der Waals surface area contributed by atoms with E-state index in [1.807, 2.05) is 12.1 Å². The second kappa shape index (κ2) is 4.80. The maximum absolute atomic E-state index is 3.94. The number of benzene rings is 2. The lowest BCUT2D eigenvalue weighted by atomic mass is 9.91. The Morgan fingerprint density at radius 2 is 1.44 bits per heavy atom. The summed E-state index contributed by atoms with van der Waals surface area (Å²) in [5.74, 6) is 0.293. The van der Waals surface area contributed by atoms with Crippen molar-refractivity contribution < 1.29 is 0 Å². The van der Waals surface area contributed by atoms with E-state index < -0.39 is 0 Å². The van der Waals surface area contributed by atoms with Gasteiger partial charge in [0.05, 0.1) is 0 Å². The molecule has 0 radical (unpaired) electrons. The fraction of sp³-hybridized carbons (Fsp3) is 0.125. The minimum Gasteiger partial charge on any atom is -0.102 e. The summed E-state index contributed by atoms with van der Waals surface area (Å²) in [5.41, 5.74) is 3.88. The Hall–Kier alpha value is -1.82. The lowest BCUT2D eigenvalue weighted by molar-refractivity contribution is 1.03. The van der Waals surface area contributed by atoms with Gasteiger partial charge in [0.1, 0.15) is 0 Å². The molecule has 0 saturated carbocycles. The van der Waals surface area contributed by atoms with Gasteiger partial charge in [-0.05, 0) is 18.1 Å². The molecule has 0 fully saturated rings. The zero-order valence-corrected chi connectivity index (χ0v) is 9.56. The molecule has 0 aliphatic carbocycles. The molecule has 0 N–H and O–H groups in total. The van der Waals surface area contributed by atoms with Crippen molar-refractivity contribution in [3.05, 3.63) is 83.9 Å². The predicted octanol–water partition coefficient (Wildman–Crippen LogP) is 4.31. The minimum atomic E-state index is 0.293. The first-order valence-corrected chi connectivity index (χ1v) is 5.55. The van der Waals surface area contributed by atoms with E-state index in [1.54, 1.807) is 0 Å². The molecule has 2 aromatic carbocycles. The Bertz CT molecular complexity index is 451. The number of allylic oxidation sites excluding steroid dienone is 1. The molecule has 2 aromatic rings. The Morgan fingerprint density at radius 1 is 0.875 bits per heavy atom. The van der Waals surface area contributed by atoms with Gasteiger partial charge in [-0.2, -0.15) is 0 Å². The molecule has 0 aromatic heterocycles. The highest BCUT2D eigenvalue weighted by molar-refractivity contribution is 5.37. The summed E-state index contributed by atoms with van der Waals surface area (Å²) >= 11 is 0. The fourth-order valence-corrected chi connectivity index (χ4v) is 1.90. The van der Waals surface area contributed by atoms with E-state index in [0.717, 1.165) is 0 Å². The van der Waals surface area contributed by atoms with Gasteiger partial charge in [-0.1, -0.05) is 66.2 Å². The van der Waals surface area contributed by atoms with Crippen LogP contribution in [0, 0.1) is 6.92 Å². The molecule has 2 rings (SSSR count). The van der Waals surface area contributed by atoms with Gasteiger partial charge in [0.25, 0.3) is 0 Å². The number of hydrogen-bond donors (Lipinski definition) is 0. The topological polar surface area (TPSA) is 0 Å². The van der Waals surface area contributed by atoms with Crippen molar-refractivity contribution in [2.24, 2.45) is 0 Å². The molecule has 0 aliphatic heterocycles. The average Bonchev–Trinajstić information content (AvgIpc) is 2.34. The van der Waals surface area contributed by atoms with Gasteiger partial charge in [-0.3, -0.25) is 0 Å². The highest BCUT2D eigenvalue weighted by Gasteiger charge is 2.08. The van der Waals surface area contributed by atoms with Crippen molar-refractivity contribution in [3.8, 4) is 0 Å². The van der Waals surface area contributed by atoms with Crippen LogP contribution >= 0.6 is 0 Å². The van der Waals surface area contributed by atoms with Gasteiger partial charge in [0.2, 0.25) is 0 Å². The third kappa shape index (κ3) is 2.22. The first-order valence-electron chi connectivity index (χ1n) is 5.55.